The lowest BCUT2D eigenvalue weighted by Gasteiger charge is -2.31. The standard InChI is InChI=1S/C17H21N5O3S/c1-12-3-4-14(11-15(12)26(18,24)25)21-16(23)13-5-9-22(10-6-13)17-19-7-2-8-20-17/h2-4,7-8,11,13H,5-6,9-10H2,1H3,(H,21,23)(H2,18,24,25). The molecule has 1 aliphatic rings. The Balaban J connectivity index is 1.63. The Bertz CT molecular complexity index is 894. The third kappa shape index (κ3) is 4.17. The molecule has 2 heterocycles. The average Bonchev–Trinajstić information content (AvgIpc) is 2.63. The summed E-state index contributed by atoms with van der Waals surface area (Å²) < 4.78 is 23.2. The quantitative estimate of drug-likeness (QED) is 0.831. The van der Waals surface area contributed by atoms with Gasteiger partial charge in [0.2, 0.25) is 21.9 Å². The molecule has 0 bridgehead atoms. The Hall–Kier alpha value is -2.52. The number of aromatic nitrogens is 2. The number of nitrogens with zero attached hydrogens (tertiary/aromatic N) is 3. The van der Waals surface area contributed by atoms with Gasteiger partial charge in [-0.3, -0.25) is 4.79 Å². The highest BCUT2D eigenvalue weighted by molar-refractivity contribution is 7.89. The lowest BCUT2D eigenvalue weighted by atomic mass is 9.96. The first-order valence-corrected chi connectivity index (χ1v) is 9.85. The fraction of sp³-hybridized carbons (Fsp3) is 0.353. The van der Waals surface area contributed by atoms with E-state index < -0.39 is 10.0 Å². The van der Waals surface area contributed by atoms with Crippen LogP contribution in [-0.4, -0.2) is 37.4 Å². The minimum atomic E-state index is -3.83. The Morgan fingerprint density at radius 1 is 1.23 bits per heavy atom. The first-order chi connectivity index (χ1) is 12.3. The van der Waals surface area contributed by atoms with Gasteiger partial charge in [0.25, 0.3) is 0 Å². The molecule has 26 heavy (non-hydrogen) atoms. The third-order valence-electron chi connectivity index (χ3n) is 4.46. The molecule has 0 aliphatic carbocycles. The molecule has 0 saturated carbocycles. The summed E-state index contributed by atoms with van der Waals surface area (Å²) >= 11 is 0. The van der Waals surface area contributed by atoms with Crippen LogP contribution in [0.4, 0.5) is 11.6 Å². The Morgan fingerprint density at radius 2 is 1.88 bits per heavy atom. The fourth-order valence-electron chi connectivity index (χ4n) is 3.02. The zero-order valence-electron chi connectivity index (χ0n) is 14.4. The predicted molar refractivity (Wildman–Crippen MR) is 98.2 cm³/mol. The minimum absolute atomic E-state index is 0.0198. The van der Waals surface area contributed by atoms with E-state index in [2.05, 4.69) is 20.2 Å². The summed E-state index contributed by atoms with van der Waals surface area (Å²) in [7, 11) is -3.83. The van der Waals surface area contributed by atoms with Gasteiger partial charge >= 0.3 is 0 Å². The van der Waals surface area contributed by atoms with Crippen LogP contribution in [0, 0.1) is 12.8 Å². The number of carbonyl (C=O) groups excluding carboxylic acids is 1. The Morgan fingerprint density at radius 3 is 2.50 bits per heavy atom. The number of rotatable bonds is 4. The molecule has 0 radical (unpaired) electrons. The van der Waals surface area contributed by atoms with Gasteiger partial charge in [-0.25, -0.2) is 23.5 Å². The van der Waals surface area contributed by atoms with Gasteiger partial charge in [0.15, 0.2) is 0 Å². The fourth-order valence-corrected chi connectivity index (χ4v) is 3.83. The van der Waals surface area contributed by atoms with Crippen LogP contribution in [0.2, 0.25) is 0 Å². The van der Waals surface area contributed by atoms with Crippen molar-refractivity contribution in [1.82, 2.24) is 9.97 Å². The maximum atomic E-state index is 12.5. The van der Waals surface area contributed by atoms with E-state index in [-0.39, 0.29) is 16.7 Å². The molecule has 8 nitrogen and oxygen atoms in total. The summed E-state index contributed by atoms with van der Waals surface area (Å²) in [5, 5.41) is 8.01. The van der Waals surface area contributed by atoms with E-state index in [0.29, 0.717) is 43.1 Å². The van der Waals surface area contributed by atoms with Gasteiger partial charge < -0.3 is 10.2 Å². The van der Waals surface area contributed by atoms with E-state index >= 15 is 0 Å². The van der Waals surface area contributed by atoms with Crippen molar-refractivity contribution >= 4 is 27.6 Å². The Kier molecular flexibility index (Phi) is 5.19. The second-order valence-electron chi connectivity index (χ2n) is 6.32. The summed E-state index contributed by atoms with van der Waals surface area (Å²) in [5.74, 6) is 0.403. The average molecular weight is 375 g/mol. The SMILES string of the molecule is Cc1ccc(NC(=O)C2CCN(c3ncccn3)CC2)cc1S(N)(=O)=O. The molecule has 3 rings (SSSR count). The predicted octanol–water partition coefficient (Wildman–Crippen LogP) is 1.29. The summed E-state index contributed by atoms with van der Waals surface area (Å²) in [4.78, 5) is 23.0. The van der Waals surface area contributed by atoms with Gasteiger partial charge in [-0.2, -0.15) is 0 Å². The topological polar surface area (TPSA) is 118 Å². The molecule has 3 N–H and O–H groups in total. The number of nitrogens with two attached hydrogens (primary N) is 1. The van der Waals surface area contributed by atoms with Crippen LogP contribution in [0.3, 0.4) is 0 Å². The highest BCUT2D eigenvalue weighted by atomic mass is 32.2. The normalized spacial score (nSPS) is 15.7. The van der Waals surface area contributed by atoms with Crippen molar-refractivity contribution in [1.29, 1.82) is 0 Å². The van der Waals surface area contributed by atoms with Gasteiger partial charge in [0.05, 0.1) is 4.90 Å². The third-order valence-corrected chi connectivity index (χ3v) is 5.52. The van der Waals surface area contributed by atoms with Crippen molar-refractivity contribution in [3.05, 3.63) is 42.2 Å². The number of benzene rings is 1. The van der Waals surface area contributed by atoms with Gasteiger partial charge in [-0.1, -0.05) is 6.07 Å². The number of amides is 1. The molecule has 0 atom stereocenters. The number of nitrogens with one attached hydrogen (secondary N) is 1. The van der Waals surface area contributed by atoms with Gasteiger partial charge in [-0.05, 0) is 43.5 Å². The number of primary sulfonamides is 1. The number of hydrogen-bond donors (Lipinski definition) is 2. The van der Waals surface area contributed by atoms with Crippen LogP contribution >= 0.6 is 0 Å². The van der Waals surface area contributed by atoms with Crippen molar-refractivity contribution in [3.8, 4) is 0 Å². The van der Waals surface area contributed by atoms with Crippen molar-refractivity contribution in [2.24, 2.45) is 11.1 Å². The maximum Gasteiger partial charge on any atom is 0.238 e. The van der Waals surface area contributed by atoms with E-state index in [1.807, 2.05) is 0 Å². The molecule has 2 aromatic rings. The monoisotopic (exact) mass is 375 g/mol. The van der Waals surface area contributed by atoms with Gasteiger partial charge in [0.1, 0.15) is 0 Å². The molecule has 1 aliphatic heterocycles. The van der Waals surface area contributed by atoms with Crippen LogP contribution in [0.25, 0.3) is 0 Å². The summed E-state index contributed by atoms with van der Waals surface area (Å²) in [6.45, 7) is 3.05. The van der Waals surface area contributed by atoms with Crippen LogP contribution in [0.5, 0.6) is 0 Å². The minimum Gasteiger partial charge on any atom is -0.341 e. The van der Waals surface area contributed by atoms with Crippen molar-refractivity contribution in [2.75, 3.05) is 23.3 Å². The summed E-state index contributed by atoms with van der Waals surface area (Å²) in [5.41, 5.74) is 0.972. The lowest BCUT2D eigenvalue weighted by molar-refractivity contribution is -0.120. The van der Waals surface area contributed by atoms with Crippen LogP contribution < -0.4 is 15.4 Å². The molecule has 1 aromatic carbocycles. The molecular weight excluding hydrogens is 354 g/mol. The summed E-state index contributed by atoms with van der Waals surface area (Å²) in [6, 6.07) is 6.47. The highest BCUT2D eigenvalue weighted by Crippen LogP contribution is 2.23. The zero-order valence-corrected chi connectivity index (χ0v) is 15.2. The summed E-state index contributed by atoms with van der Waals surface area (Å²) in [6.07, 6.45) is 4.75. The number of piperidine rings is 1. The van der Waals surface area contributed by atoms with E-state index in [0.717, 1.165) is 0 Å². The van der Waals surface area contributed by atoms with E-state index in [4.69, 9.17) is 5.14 Å². The molecular formula is C17H21N5O3S. The highest BCUT2D eigenvalue weighted by Gasteiger charge is 2.26. The number of sulfonamides is 1. The van der Waals surface area contributed by atoms with Crippen molar-refractivity contribution in [3.63, 3.8) is 0 Å². The Labute approximate surface area is 152 Å². The molecule has 0 unspecified atom stereocenters. The second-order valence-corrected chi connectivity index (χ2v) is 7.85. The molecule has 1 amide bonds. The largest absolute Gasteiger partial charge is 0.341 e. The first-order valence-electron chi connectivity index (χ1n) is 8.31. The molecule has 1 fully saturated rings. The number of carbonyl (C=O) groups is 1. The van der Waals surface area contributed by atoms with Gasteiger partial charge in [-0.15, -0.1) is 0 Å². The van der Waals surface area contributed by atoms with Crippen molar-refractivity contribution < 1.29 is 13.2 Å². The van der Waals surface area contributed by atoms with Gasteiger partial charge in [0, 0.05) is 37.1 Å². The van der Waals surface area contributed by atoms with E-state index in [1.54, 1.807) is 37.5 Å². The molecule has 1 saturated heterocycles. The van der Waals surface area contributed by atoms with Crippen LogP contribution in [0.15, 0.2) is 41.6 Å². The molecule has 138 valence electrons. The van der Waals surface area contributed by atoms with Crippen LogP contribution in [0.1, 0.15) is 18.4 Å². The number of hydrogen-bond acceptors (Lipinski definition) is 6. The molecule has 1 aromatic heterocycles. The lowest BCUT2D eigenvalue weighted by Crippen LogP contribution is -2.39. The molecule has 0 spiro atoms. The first kappa shape index (κ1) is 18.3. The van der Waals surface area contributed by atoms with Crippen molar-refractivity contribution in [2.45, 2.75) is 24.7 Å². The zero-order chi connectivity index (χ0) is 18.7. The molecule has 9 heteroatoms. The number of anilines is 2. The van der Waals surface area contributed by atoms with E-state index in [1.165, 1.54) is 6.07 Å². The maximum absolute atomic E-state index is 12.5. The van der Waals surface area contributed by atoms with Crippen LogP contribution in [-0.2, 0) is 14.8 Å². The van der Waals surface area contributed by atoms with E-state index in [9.17, 15) is 13.2 Å². The smallest absolute Gasteiger partial charge is 0.238 e. The number of aryl methyl sites for hydroxylation is 1. The second kappa shape index (κ2) is 7.38.